The fourth-order valence-electron chi connectivity index (χ4n) is 2.35. The van der Waals surface area contributed by atoms with Crippen LogP contribution in [0.4, 0.5) is 0 Å². The zero-order valence-corrected chi connectivity index (χ0v) is 10.1. The van der Waals surface area contributed by atoms with Crippen molar-refractivity contribution in [3.8, 4) is 0 Å². The van der Waals surface area contributed by atoms with Crippen LogP contribution in [-0.2, 0) is 0 Å². The van der Waals surface area contributed by atoms with Crippen LogP contribution < -0.4 is 10.8 Å². The molecule has 90 valence electrons. The number of aliphatic hydroxyl groups is 1. The molecule has 0 aliphatic rings. The van der Waals surface area contributed by atoms with Crippen LogP contribution in [0, 0.1) is 6.92 Å². The van der Waals surface area contributed by atoms with Crippen LogP contribution >= 0.6 is 0 Å². The van der Waals surface area contributed by atoms with Gasteiger partial charge in [0.15, 0.2) is 5.43 Å². The second-order valence-electron chi connectivity index (χ2n) is 4.38. The number of pyridine rings is 1. The normalized spacial score (nSPS) is 13.2. The van der Waals surface area contributed by atoms with Gasteiger partial charge in [0.2, 0.25) is 0 Å². The predicted octanol–water partition coefficient (Wildman–Crippen LogP) is 1.56. The Hall–Kier alpha value is -2.36. The molecule has 18 heavy (non-hydrogen) atoms. The third kappa shape index (κ3) is 1.39. The Morgan fingerprint density at radius 1 is 1.28 bits per heavy atom. The Morgan fingerprint density at radius 3 is 2.72 bits per heavy atom. The number of aromatic nitrogens is 2. The summed E-state index contributed by atoms with van der Waals surface area (Å²) in [5.74, 6) is 0.198. The number of benzene rings is 1. The summed E-state index contributed by atoms with van der Waals surface area (Å²) in [6, 6.07) is 8.69. The number of imidazole rings is 1. The highest BCUT2D eigenvalue weighted by Crippen LogP contribution is 2.13. The average molecular weight is 240 g/mol. The lowest BCUT2D eigenvalue weighted by molar-refractivity contribution is 0.496. The van der Waals surface area contributed by atoms with Gasteiger partial charge in [0.1, 0.15) is 16.8 Å². The van der Waals surface area contributed by atoms with Gasteiger partial charge in [-0.3, -0.25) is 9.20 Å². The fourth-order valence-corrected chi connectivity index (χ4v) is 2.35. The number of rotatable bonds is 0. The van der Waals surface area contributed by atoms with E-state index in [-0.39, 0.29) is 11.2 Å². The monoisotopic (exact) mass is 240 g/mol. The number of hydrogen-bond acceptors (Lipinski definition) is 3. The molecule has 1 aromatic carbocycles. The molecule has 2 heterocycles. The van der Waals surface area contributed by atoms with Crippen molar-refractivity contribution in [2.75, 3.05) is 0 Å². The van der Waals surface area contributed by atoms with Gasteiger partial charge in [-0.2, -0.15) is 0 Å². The van der Waals surface area contributed by atoms with Gasteiger partial charge in [-0.05, 0) is 43.5 Å². The van der Waals surface area contributed by atoms with Gasteiger partial charge >= 0.3 is 0 Å². The van der Waals surface area contributed by atoms with Crippen LogP contribution in [0.1, 0.15) is 12.6 Å². The zero-order valence-electron chi connectivity index (χ0n) is 10.1. The molecule has 4 nitrogen and oxygen atoms in total. The maximum atomic E-state index is 11.5. The van der Waals surface area contributed by atoms with E-state index in [4.69, 9.17) is 0 Å². The summed E-state index contributed by atoms with van der Waals surface area (Å²) < 4.78 is 1.82. The van der Waals surface area contributed by atoms with Crippen molar-refractivity contribution in [3.63, 3.8) is 0 Å². The van der Waals surface area contributed by atoms with Gasteiger partial charge in [0, 0.05) is 6.07 Å². The zero-order chi connectivity index (χ0) is 12.9. The van der Waals surface area contributed by atoms with Crippen LogP contribution in [0.2, 0.25) is 0 Å². The highest BCUT2D eigenvalue weighted by Gasteiger charge is 2.08. The first kappa shape index (κ1) is 10.8. The van der Waals surface area contributed by atoms with Gasteiger partial charge in [-0.15, -0.1) is 0 Å². The van der Waals surface area contributed by atoms with E-state index in [2.05, 4.69) is 4.98 Å². The molecule has 3 aromatic rings. The highest BCUT2D eigenvalue weighted by molar-refractivity contribution is 5.82. The molecule has 3 rings (SSSR count). The minimum absolute atomic E-state index is 0.0529. The quantitative estimate of drug-likeness (QED) is 0.648. The molecule has 1 N–H and O–H groups in total. The van der Waals surface area contributed by atoms with E-state index in [1.165, 1.54) is 6.07 Å². The third-order valence-electron chi connectivity index (χ3n) is 3.08. The molecule has 0 saturated carbocycles. The van der Waals surface area contributed by atoms with E-state index in [1.54, 1.807) is 19.1 Å². The molecule has 0 radical (unpaired) electrons. The lowest BCUT2D eigenvalue weighted by Gasteiger charge is -2.02. The molecular weight excluding hydrogens is 228 g/mol. The van der Waals surface area contributed by atoms with Gasteiger partial charge in [0.25, 0.3) is 0 Å². The summed E-state index contributed by atoms with van der Waals surface area (Å²) >= 11 is 0. The van der Waals surface area contributed by atoms with Crippen molar-refractivity contribution >= 4 is 22.3 Å². The van der Waals surface area contributed by atoms with Gasteiger partial charge in [0.05, 0.1) is 11.2 Å². The van der Waals surface area contributed by atoms with Gasteiger partial charge in [-0.1, -0.05) is 0 Å². The van der Waals surface area contributed by atoms with Crippen molar-refractivity contribution in [1.82, 2.24) is 9.38 Å². The number of aryl methyl sites for hydroxylation is 1. The van der Waals surface area contributed by atoms with Crippen molar-refractivity contribution in [2.45, 2.75) is 13.8 Å². The van der Waals surface area contributed by atoms with Crippen LogP contribution in [0.5, 0.6) is 0 Å². The Bertz CT molecular complexity index is 874. The molecular formula is C14H12N2O2. The lowest BCUT2D eigenvalue weighted by Crippen LogP contribution is -2.16. The molecule has 0 bridgehead atoms. The first-order valence-corrected chi connectivity index (χ1v) is 5.69. The molecule has 0 aliphatic carbocycles. The van der Waals surface area contributed by atoms with Crippen LogP contribution in [0.3, 0.4) is 0 Å². The number of fused-ring (bicyclic) bond motifs is 3. The minimum Gasteiger partial charge on any atom is -0.510 e. The molecule has 0 aliphatic heterocycles. The predicted molar refractivity (Wildman–Crippen MR) is 70.6 cm³/mol. The maximum Gasteiger partial charge on any atom is 0.180 e. The van der Waals surface area contributed by atoms with E-state index in [0.717, 1.165) is 22.2 Å². The van der Waals surface area contributed by atoms with E-state index in [1.807, 2.05) is 23.5 Å². The smallest absolute Gasteiger partial charge is 0.180 e. The topological polar surface area (TPSA) is 54.6 Å². The standard InChI is InChI=1S/C14H12N2O2/c1-8-14(9(2)17)16-12-7-11(18)5-3-10(12)4-6-13(16)15-8/h3-7,17H,1-2H3/b14-9-. The second-order valence-corrected chi connectivity index (χ2v) is 4.38. The van der Waals surface area contributed by atoms with E-state index in [0.29, 0.717) is 5.35 Å². The Balaban J connectivity index is 2.73. The van der Waals surface area contributed by atoms with Crippen LogP contribution in [0.15, 0.2) is 35.1 Å². The molecule has 0 amide bonds. The van der Waals surface area contributed by atoms with Gasteiger partial charge < -0.3 is 5.11 Å². The van der Waals surface area contributed by atoms with Crippen molar-refractivity contribution in [1.29, 1.82) is 0 Å². The fraction of sp³-hybridized carbons (Fsp3) is 0.143. The van der Waals surface area contributed by atoms with E-state index >= 15 is 0 Å². The molecule has 0 spiro atoms. The molecule has 2 aromatic heterocycles. The Kier molecular flexibility index (Phi) is 2.13. The summed E-state index contributed by atoms with van der Waals surface area (Å²) in [6.07, 6.45) is 0. The third-order valence-corrected chi connectivity index (χ3v) is 3.08. The van der Waals surface area contributed by atoms with Crippen LogP contribution in [0.25, 0.3) is 22.3 Å². The molecule has 0 saturated heterocycles. The van der Waals surface area contributed by atoms with Crippen molar-refractivity contribution in [2.24, 2.45) is 0 Å². The largest absolute Gasteiger partial charge is 0.510 e. The lowest BCUT2D eigenvalue weighted by atomic mass is 10.2. The summed E-state index contributed by atoms with van der Waals surface area (Å²) in [7, 11) is 0. The van der Waals surface area contributed by atoms with E-state index in [9.17, 15) is 9.90 Å². The summed E-state index contributed by atoms with van der Waals surface area (Å²) in [5.41, 5.74) is 2.19. The Morgan fingerprint density at radius 2 is 2.00 bits per heavy atom. The summed E-state index contributed by atoms with van der Waals surface area (Å²) in [4.78, 5) is 15.9. The molecule has 0 unspecified atom stereocenters. The van der Waals surface area contributed by atoms with E-state index < -0.39 is 0 Å². The van der Waals surface area contributed by atoms with Crippen LogP contribution in [-0.4, -0.2) is 14.5 Å². The SMILES string of the molecule is C/C(O)=c1\c(C)nc2ccc3ccc(=O)cc3n12. The minimum atomic E-state index is -0.0529. The Labute approximate surface area is 103 Å². The maximum absolute atomic E-state index is 11.5. The number of hydrogen-bond donors (Lipinski definition) is 1. The number of aliphatic hydroxyl groups excluding tert-OH is 1. The average Bonchev–Trinajstić information content (AvgIpc) is 2.65. The molecule has 4 heteroatoms. The van der Waals surface area contributed by atoms with Crippen molar-refractivity contribution in [3.05, 3.63) is 51.6 Å². The van der Waals surface area contributed by atoms with Crippen molar-refractivity contribution < 1.29 is 5.11 Å². The first-order chi connectivity index (χ1) is 8.58. The first-order valence-electron chi connectivity index (χ1n) is 5.69. The molecule has 0 fully saturated rings. The number of nitrogens with zero attached hydrogens (tertiary/aromatic N) is 2. The summed E-state index contributed by atoms with van der Waals surface area (Å²) in [6.45, 7) is 3.46. The molecule has 0 atom stereocenters. The highest BCUT2D eigenvalue weighted by atomic mass is 16.3. The second kappa shape index (κ2) is 3.57. The summed E-state index contributed by atoms with van der Waals surface area (Å²) in [5, 5.41) is 11.4. The van der Waals surface area contributed by atoms with Gasteiger partial charge in [-0.25, -0.2) is 4.98 Å².